The first-order valence-electron chi connectivity index (χ1n) is 7.35. The van der Waals surface area contributed by atoms with Gasteiger partial charge in [-0.05, 0) is 49.4 Å². The minimum Gasteiger partial charge on any atom is -0.374 e. The summed E-state index contributed by atoms with van der Waals surface area (Å²) in [6.07, 6.45) is 3.83. The van der Waals surface area contributed by atoms with Gasteiger partial charge in [0.25, 0.3) is 0 Å². The summed E-state index contributed by atoms with van der Waals surface area (Å²) in [4.78, 5) is 2.49. The number of para-hydroxylation sites is 1. The monoisotopic (exact) mass is 244 g/mol. The first kappa shape index (κ1) is 12.0. The summed E-state index contributed by atoms with van der Waals surface area (Å²) >= 11 is 0. The van der Waals surface area contributed by atoms with Crippen molar-refractivity contribution in [1.29, 1.82) is 0 Å². The van der Waals surface area contributed by atoms with Crippen molar-refractivity contribution in [3.63, 3.8) is 0 Å². The molecule has 0 radical (unpaired) electrons. The van der Waals surface area contributed by atoms with Crippen molar-refractivity contribution < 1.29 is 0 Å². The van der Waals surface area contributed by atoms with Crippen LogP contribution in [0.5, 0.6) is 0 Å². The van der Waals surface area contributed by atoms with Gasteiger partial charge in [0.1, 0.15) is 0 Å². The Morgan fingerprint density at radius 2 is 2.06 bits per heavy atom. The number of fused-ring (bicyclic) bond motifs is 1. The van der Waals surface area contributed by atoms with Crippen LogP contribution in [0.2, 0.25) is 0 Å². The molecule has 1 unspecified atom stereocenters. The molecule has 0 aliphatic carbocycles. The number of hydrogen-bond donors (Lipinski definition) is 1. The number of anilines is 1. The van der Waals surface area contributed by atoms with Crippen LogP contribution in [-0.2, 0) is 6.42 Å². The molecule has 1 aromatic rings. The Bertz CT molecular complexity index is 421. The molecule has 0 aromatic heterocycles. The summed E-state index contributed by atoms with van der Waals surface area (Å²) in [7, 11) is 2.26. The Morgan fingerprint density at radius 3 is 2.78 bits per heavy atom. The fraction of sp³-hybridized carbons (Fsp3) is 0.625. The second-order valence-corrected chi connectivity index (χ2v) is 5.78. The van der Waals surface area contributed by atoms with Crippen LogP contribution in [0.1, 0.15) is 36.8 Å². The van der Waals surface area contributed by atoms with E-state index in [2.05, 4.69) is 42.4 Å². The van der Waals surface area contributed by atoms with Gasteiger partial charge in [-0.25, -0.2) is 0 Å². The first-order chi connectivity index (χ1) is 8.81. The highest BCUT2D eigenvalue weighted by atomic mass is 15.1. The molecule has 3 rings (SSSR count). The van der Waals surface area contributed by atoms with E-state index in [9.17, 15) is 0 Å². The van der Waals surface area contributed by atoms with Gasteiger partial charge in [0.2, 0.25) is 0 Å². The highest BCUT2D eigenvalue weighted by molar-refractivity contribution is 5.65. The van der Waals surface area contributed by atoms with Crippen LogP contribution in [0, 0.1) is 5.92 Å². The molecule has 0 spiro atoms. The summed E-state index contributed by atoms with van der Waals surface area (Å²) < 4.78 is 0. The number of benzene rings is 1. The zero-order chi connectivity index (χ0) is 12.5. The SMILES string of the molecule is CCc1cccc2c1N(C)CC2C1CCNCC1. The average Bonchev–Trinajstić information content (AvgIpc) is 2.77. The summed E-state index contributed by atoms with van der Waals surface area (Å²) in [5, 5.41) is 3.48. The van der Waals surface area contributed by atoms with Crippen LogP contribution in [0.25, 0.3) is 0 Å². The van der Waals surface area contributed by atoms with Gasteiger partial charge in [0.05, 0.1) is 0 Å². The van der Waals surface area contributed by atoms with Crippen molar-refractivity contribution in [3.8, 4) is 0 Å². The van der Waals surface area contributed by atoms with Crippen LogP contribution < -0.4 is 10.2 Å². The number of nitrogens with zero attached hydrogens (tertiary/aromatic N) is 1. The van der Waals surface area contributed by atoms with E-state index in [1.165, 1.54) is 43.7 Å². The number of nitrogens with one attached hydrogen (secondary N) is 1. The lowest BCUT2D eigenvalue weighted by molar-refractivity contribution is 0.327. The highest BCUT2D eigenvalue weighted by Gasteiger charge is 2.34. The van der Waals surface area contributed by atoms with Gasteiger partial charge < -0.3 is 10.2 Å². The molecule has 1 atom stereocenters. The van der Waals surface area contributed by atoms with E-state index >= 15 is 0 Å². The molecular weight excluding hydrogens is 220 g/mol. The lowest BCUT2D eigenvalue weighted by atomic mass is 9.81. The lowest BCUT2D eigenvalue weighted by Crippen LogP contribution is -2.32. The zero-order valence-corrected chi connectivity index (χ0v) is 11.6. The topological polar surface area (TPSA) is 15.3 Å². The van der Waals surface area contributed by atoms with Crippen molar-refractivity contribution >= 4 is 5.69 Å². The van der Waals surface area contributed by atoms with Crippen LogP contribution in [0.3, 0.4) is 0 Å². The van der Waals surface area contributed by atoms with Gasteiger partial charge in [-0.1, -0.05) is 25.1 Å². The highest BCUT2D eigenvalue weighted by Crippen LogP contribution is 2.43. The molecule has 2 heterocycles. The van der Waals surface area contributed by atoms with Crippen LogP contribution in [-0.4, -0.2) is 26.7 Å². The predicted octanol–water partition coefficient (Wildman–Crippen LogP) is 2.78. The number of aryl methyl sites for hydroxylation is 1. The number of piperidine rings is 1. The quantitative estimate of drug-likeness (QED) is 0.860. The molecule has 1 aromatic carbocycles. The third-order valence-electron chi connectivity index (χ3n) is 4.74. The van der Waals surface area contributed by atoms with E-state index in [0.29, 0.717) is 0 Å². The minimum atomic E-state index is 0.763. The molecule has 2 aliphatic rings. The van der Waals surface area contributed by atoms with Gasteiger partial charge in [-0.2, -0.15) is 0 Å². The van der Waals surface area contributed by atoms with Crippen LogP contribution in [0.4, 0.5) is 5.69 Å². The molecule has 0 amide bonds. The summed E-state index contributed by atoms with van der Waals surface area (Å²) in [6, 6.07) is 6.91. The summed E-state index contributed by atoms with van der Waals surface area (Å²) in [5.74, 6) is 1.64. The Balaban J connectivity index is 1.93. The lowest BCUT2D eigenvalue weighted by Gasteiger charge is -2.28. The van der Waals surface area contributed by atoms with Gasteiger partial charge in [0.15, 0.2) is 0 Å². The molecule has 0 bridgehead atoms. The number of hydrogen-bond acceptors (Lipinski definition) is 2. The maximum Gasteiger partial charge on any atom is 0.0432 e. The fourth-order valence-electron chi connectivity index (χ4n) is 3.80. The van der Waals surface area contributed by atoms with E-state index < -0.39 is 0 Å². The summed E-state index contributed by atoms with van der Waals surface area (Å²) in [6.45, 7) is 5.89. The molecule has 0 saturated carbocycles. The Morgan fingerprint density at radius 1 is 1.28 bits per heavy atom. The standard InChI is InChI=1S/C16H24N2/c1-3-12-5-4-6-14-15(11-18(2)16(12)14)13-7-9-17-10-8-13/h4-6,13,15,17H,3,7-11H2,1-2H3. The largest absolute Gasteiger partial charge is 0.374 e. The summed E-state index contributed by atoms with van der Waals surface area (Å²) in [5.41, 5.74) is 4.67. The second kappa shape index (κ2) is 4.93. The van der Waals surface area contributed by atoms with E-state index in [1.54, 1.807) is 5.56 Å². The van der Waals surface area contributed by atoms with E-state index in [4.69, 9.17) is 0 Å². The maximum absolute atomic E-state index is 3.48. The van der Waals surface area contributed by atoms with Gasteiger partial charge in [0, 0.05) is 25.2 Å². The molecule has 98 valence electrons. The van der Waals surface area contributed by atoms with Crippen molar-refractivity contribution in [2.75, 3.05) is 31.6 Å². The fourth-order valence-corrected chi connectivity index (χ4v) is 3.80. The number of rotatable bonds is 2. The van der Waals surface area contributed by atoms with Crippen LogP contribution in [0.15, 0.2) is 18.2 Å². The molecule has 1 fully saturated rings. The third-order valence-corrected chi connectivity index (χ3v) is 4.74. The van der Waals surface area contributed by atoms with Crippen molar-refractivity contribution in [2.45, 2.75) is 32.1 Å². The zero-order valence-electron chi connectivity index (χ0n) is 11.6. The normalized spacial score (nSPS) is 24.3. The molecule has 2 aliphatic heterocycles. The predicted molar refractivity (Wildman–Crippen MR) is 77.4 cm³/mol. The average molecular weight is 244 g/mol. The van der Waals surface area contributed by atoms with E-state index in [-0.39, 0.29) is 0 Å². The Hall–Kier alpha value is -1.02. The maximum atomic E-state index is 3.48. The second-order valence-electron chi connectivity index (χ2n) is 5.78. The van der Waals surface area contributed by atoms with Gasteiger partial charge in [-0.15, -0.1) is 0 Å². The van der Waals surface area contributed by atoms with Crippen LogP contribution >= 0.6 is 0 Å². The molecule has 2 nitrogen and oxygen atoms in total. The smallest absolute Gasteiger partial charge is 0.0432 e. The van der Waals surface area contributed by atoms with Gasteiger partial charge >= 0.3 is 0 Å². The van der Waals surface area contributed by atoms with Crippen molar-refractivity contribution in [3.05, 3.63) is 29.3 Å². The van der Waals surface area contributed by atoms with E-state index in [1.807, 2.05) is 0 Å². The molecule has 2 heteroatoms. The number of likely N-dealkylation sites (N-methyl/N-ethyl adjacent to an activating group) is 1. The Kier molecular flexibility index (Phi) is 3.29. The van der Waals surface area contributed by atoms with Crippen molar-refractivity contribution in [1.82, 2.24) is 5.32 Å². The van der Waals surface area contributed by atoms with Crippen molar-refractivity contribution in [2.24, 2.45) is 5.92 Å². The molecule has 1 saturated heterocycles. The minimum absolute atomic E-state index is 0.763. The molecular formula is C16H24N2. The third kappa shape index (κ3) is 1.93. The van der Waals surface area contributed by atoms with Gasteiger partial charge in [-0.3, -0.25) is 0 Å². The molecule has 1 N–H and O–H groups in total. The van der Waals surface area contributed by atoms with E-state index in [0.717, 1.165) is 18.3 Å². The molecule has 18 heavy (non-hydrogen) atoms. The first-order valence-corrected chi connectivity index (χ1v) is 7.35. The Labute approximate surface area is 110 Å².